The van der Waals surface area contributed by atoms with Crippen LogP contribution in [0, 0.1) is 0 Å². The Kier molecular flexibility index (Phi) is 5.86. The minimum Gasteiger partial charge on any atom is -0.380 e. The molecular weight excluding hydrogens is 256 g/mol. The van der Waals surface area contributed by atoms with E-state index in [4.69, 9.17) is 10.6 Å². The first-order chi connectivity index (χ1) is 7.26. The van der Waals surface area contributed by atoms with E-state index in [1.807, 2.05) is 19.1 Å². The first-order valence-corrected chi connectivity index (χ1v) is 5.84. The summed E-state index contributed by atoms with van der Waals surface area (Å²) in [6.45, 7) is 3.34. The van der Waals surface area contributed by atoms with Crippen LogP contribution in [0.3, 0.4) is 0 Å². The van der Waals surface area contributed by atoms with Crippen molar-refractivity contribution in [1.82, 2.24) is 5.43 Å². The monoisotopic (exact) mass is 272 g/mol. The molecule has 84 valence electrons. The van der Waals surface area contributed by atoms with Gasteiger partial charge in [0.15, 0.2) is 0 Å². The lowest BCUT2D eigenvalue weighted by molar-refractivity contribution is 0.123. The lowest BCUT2D eigenvalue weighted by atomic mass is 10.1. The van der Waals surface area contributed by atoms with Gasteiger partial charge in [-0.05, 0) is 31.0 Å². The molecule has 0 aliphatic rings. The highest BCUT2D eigenvalue weighted by Crippen LogP contribution is 2.13. The number of hydrogen-bond donors (Lipinski definition) is 2. The molecule has 0 aliphatic heterocycles. The van der Waals surface area contributed by atoms with Crippen LogP contribution in [0.15, 0.2) is 28.7 Å². The highest BCUT2D eigenvalue weighted by Gasteiger charge is 2.07. The second-order valence-corrected chi connectivity index (χ2v) is 4.27. The lowest BCUT2D eigenvalue weighted by Crippen LogP contribution is -2.40. The third-order valence-electron chi connectivity index (χ3n) is 2.13. The number of nitrogens with two attached hydrogens (primary N) is 1. The molecule has 3 N–H and O–H groups in total. The van der Waals surface area contributed by atoms with Crippen molar-refractivity contribution in [3.05, 3.63) is 34.3 Å². The predicted octanol–water partition coefficient (Wildman–Crippen LogP) is 1.86. The van der Waals surface area contributed by atoms with Gasteiger partial charge in [-0.3, -0.25) is 11.3 Å². The second kappa shape index (κ2) is 6.95. The molecule has 1 aromatic carbocycles. The summed E-state index contributed by atoms with van der Waals surface area (Å²) in [6.07, 6.45) is 0.871. The van der Waals surface area contributed by atoms with Crippen LogP contribution in [0.25, 0.3) is 0 Å². The molecule has 1 unspecified atom stereocenters. The van der Waals surface area contributed by atoms with Gasteiger partial charge >= 0.3 is 0 Å². The van der Waals surface area contributed by atoms with Crippen molar-refractivity contribution in [2.24, 2.45) is 5.84 Å². The van der Waals surface area contributed by atoms with Crippen molar-refractivity contribution in [3.63, 3.8) is 0 Å². The van der Waals surface area contributed by atoms with Crippen LogP contribution in [-0.4, -0.2) is 19.3 Å². The topological polar surface area (TPSA) is 47.3 Å². The van der Waals surface area contributed by atoms with Crippen LogP contribution in [0.2, 0.25) is 0 Å². The molecule has 0 amide bonds. The third-order valence-corrected chi connectivity index (χ3v) is 2.62. The Morgan fingerprint density at radius 2 is 2.33 bits per heavy atom. The molecule has 15 heavy (non-hydrogen) atoms. The molecule has 0 saturated heterocycles. The van der Waals surface area contributed by atoms with Crippen LogP contribution in [0.4, 0.5) is 0 Å². The summed E-state index contributed by atoms with van der Waals surface area (Å²) >= 11 is 3.44. The predicted molar refractivity (Wildman–Crippen MR) is 65.5 cm³/mol. The van der Waals surface area contributed by atoms with Crippen LogP contribution in [0.5, 0.6) is 0 Å². The van der Waals surface area contributed by atoms with Crippen LogP contribution >= 0.6 is 15.9 Å². The minimum absolute atomic E-state index is 0.166. The number of nitrogens with one attached hydrogen (secondary N) is 1. The van der Waals surface area contributed by atoms with E-state index in [1.165, 1.54) is 5.56 Å². The molecule has 0 bridgehead atoms. The van der Waals surface area contributed by atoms with E-state index in [0.717, 1.165) is 17.5 Å². The Balaban J connectivity index is 2.50. The molecule has 0 spiro atoms. The Labute approximate surface area is 99.1 Å². The van der Waals surface area contributed by atoms with E-state index in [2.05, 4.69) is 33.5 Å². The normalized spacial score (nSPS) is 12.7. The van der Waals surface area contributed by atoms with Gasteiger partial charge in [-0.25, -0.2) is 0 Å². The van der Waals surface area contributed by atoms with Gasteiger partial charge in [0, 0.05) is 17.1 Å². The molecule has 3 nitrogen and oxygen atoms in total. The molecule has 1 aromatic rings. The van der Waals surface area contributed by atoms with Crippen molar-refractivity contribution >= 4 is 15.9 Å². The Morgan fingerprint density at radius 1 is 1.53 bits per heavy atom. The summed E-state index contributed by atoms with van der Waals surface area (Å²) < 4.78 is 6.42. The zero-order chi connectivity index (χ0) is 11.1. The molecule has 0 radical (unpaired) electrons. The Hall–Kier alpha value is -0.420. The van der Waals surface area contributed by atoms with E-state index in [1.54, 1.807) is 0 Å². The Bertz CT molecular complexity index is 294. The van der Waals surface area contributed by atoms with Crippen molar-refractivity contribution in [3.8, 4) is 0 Å². The lowest BCUT2D eigenvalue weighted by Gasteiger charge is -2.15. The first-order valence-electron chi connectivity index (χ1n) is 5.04. The van der Waals surface area contributed by atoms with Crippen molar-refractivity contribution in [1.29, 1.82) is 0 Å². The van der Waals surface area contributed by atoms with Gasteiger partial charge < -0.3 is 4.74 Å². The summed E-state index contributed by atoms with van der Waals surface area (Å²) in [5, 5.41) is 0. The van der Waals surface area contributed by atoms with Crippen LogP contribution in [0.1, 0.15) is 12.5 Å². The van der Waals surface area contributed by atoms with Crippen molar-refractivity contribution in [2.75, 3.05) is 13.2 Å². The zero-order valence-corrected chi connectivity index (χ0v) is 10.5. The molecule has 4 heteroatoms. The molecule has 1 rings (SSSR count). The molecule has 0 aromatic heterocycles. The molecule has 0 heterocycles. The highest BCUT2D eigenvalue weighted by molar-refractivity contribution is 9.10. The van der Waals surface area contributed by atoms with E-state index >= 15 is 0 Å². The summed E-state index contributed by atoms with van der Waals surface area (Å²) in [5.41, 5.74) is 4.01. The number of ether oxygens (including phenoxy) is 1. The first kappa shape index (κ1) is 12.6. The Morgan fingerprint density at radius 3 is 2.93 bits per heavy atom. The maximum atomic E-state index is 5.46. The van der Waals surface area contributed by atoms with Gasteiger partial charge in [-0.1, -0.05) is 28.1 Å². The quantitative estimate of drug-likeness (QED) is 0.614. The summed E-state index contributed by atoms with van der Waals surface area (Å²) in [4.78, 5) is 0. The van der Waals surface area contributed by atoms with Crippen LogP contribution in [-0.2, 0) is 11.2 Å². The second-order valence-electron chi connectivity index (χ2n) is 3.36. The van der Waals surface area contributed by atoms with Gasteiger partial charge in [0.05, 0.1) is 6.61 Å². The van der Waals surface area contributed by atoms with Crippen LogP contribution < -0.4 is 11.3 Å². The van der Waals surface area contributed by atoms with Crippen molar-refractivity contribution in [2.45, 2.75) is 19.4 Å². The number of benzene rings is 1. The fourth-order valence-electron chi connectivity index (χ4n) is 1.37. The maximum absolute atomic E-state index is 5.46. The van der Waals surface area contributed by atoms with E-state index in [-0.39, 0.29) is 6.04 Å². The number of hydrazine groups is 1. The average Bonchev–Trinajstić information content (AvgIpc) is 2.24. The smallest absolute Gasteiger partial charge is 0.0636 e. The number of halogens is 1. The van der Waals surface area contributed by atoms with E-state index < -0.39 is 0 Å². The molecular formula is C11H17BrN2O. The fraction of sp³-hybridized carbons (Fsp3) is 0.455. The van der Waals surface area contributed by atoms with E-state index in [9.17, 15) is 0 Å². The molecule has 0 saturated carbocycles. The van der Waals surface area contributed by atoms with Gasteiger partial charge in [0.25, 0.3) is 0 Å². The van der Waals surface area contributed by atoms with Gasteiger partial charge in [-0.2, -0.15) is 0 Å². The fourth-order valence-corrected chi connectivity index (χ4v) is 1.82. The molecule has 0 fully saturated rings. The summed E-state index contributed by atoms with van der Waals surface area (Å²) in [7, 11) is 0. The van der Waals surface area contributed by atoms with Gasteiger partial charge in [0.2, 0.25) is 0 Å². The molecule has 0 aliphatic carbocycles. The minimum atomic E-state index is 0.166. The standard InChI is InChI=1S/C11H17BrN2O/c1-2-15-8-11(14-13)7-9-4-3-5-10(12)6-9/h3-6,11,14H,2,7-8,13H2,1H3. The average molecular weight is 273 g/mol. The largest absolute Gasteiger partial charge is 0.380 e. The maximum Gasteiger partial charge on any atom is 0.0636 e. The van der Waals surface area contributed by atoms with E-state index in [0.29, 0.717) is 6.61 Å². The number of rotatable bonds is 6. The molecule has 1 atom stereocenters. The SMILES string of the molecule is CCOCC(Cc1cccc(Br)c1)NN. The number of hydrogen-bond acceptors (Lipinski definition) is 3. The summed E-state index contributed by atoms with van der Waals surface area (Å²) in [6, 6.07) is 8.38. The zero-order valence-electron chi connectivity index (χ0n) is 8.87. The van der Waals surface area contributed by atoms with Gasteiger partial charge in [-0.15, -0.1) is 0 Å². The van der Waals surface area contributed by atoms with Gasteiger partial charge in [0.1, 0.15) is 0 Å². The highest BCUT2D eigenvalue weighted by atomic mass is 79.9. The third kappa shape index (κ3) is 4.75. The van der Waals surface area contributed by atoms with Crippen molar-refractivity contribution < 1.29 is 4.74 Å². The summed E-state index contributed by atoms with van der Waals surface area (Å²) in [5.74, 6) is 5.46.